The van der Waals surface area contributed by atoms with Crippen molar-refractivity contribution in [3.8, 4) is 17.2 Å². The molecule has 3 aromatic carbocycles. The van der Waals surface area contributed by atoms with Gasteiger partial charge in [-0.3, -0.25) is 9.36 Å². The van der Waals surface area contributed by atoms with Gasteiger partial charge in [0.1, 0.15) is 24.7 Å². The van der Waals surface area contributed by atoms with Gasteiger partial charge >= 0.3 is 0 Å². The summed E-state index contributed by atoms with van der Waals surface area (Å²) in [6, 6.07) is 22.1. The number of nitrogens with one attached hydrogen (secondary N) is 1. The van der Waals surface area contributed by atoms with Crippen molar-refractivity contribution in [2.45, 2.75) is 17.8 Å². The van der Waals surface area contributed by atoms with Crippen LogP contribution in [0.1, 0.15) is 17.4 Å². The van der Waals surface area contributed by atoms with Gasteiger partial charge in [-0.25, -0.2) is 0 Å². The molecule has 1 amide bonds. The molecule has 35 heavy (non-hydrogen) atoms. The van der Waals surface area contributed by atoms with E-state index in [-0.39, 0.29) is 24.3 Å². The highest BCUT2D eigenvalue weighted by Crippen LogP contribution is 2.34. The molecule has 0 saturated heterocycles. The van der Waals surface area contributed by atoms with E-state index in [9.17, 15) is 4.79 Å². The SMILES string of the molecule is O=C(CSc1nnc(COc2ccccc2Cl)n1-c1ccccc1)NC1COc2ccc(Cl)cc21. The van der Waals surface area contributed by atoms with E-state index in [1.165, 1.54) is 11.8 Å². The van der Waals surface area contributed by atoms with Gasteiger partial charge in [-0.05, 0) is 42.5 Å². The van der Waals surface area contributed by atoms with Gasteiger partial charge in [-0.15, -0.1) is 10.2 Å². The first kappa shape index (κ1) is 23.5. The molecular weight excluding hydrogens is 507 g/mol. The van der Waals surface area contributed by atoms with Gasteiger partial charge < -0.3 is 14.8 Å². The lowest BCUT2D eigenvalue weighted by Gasteiger charge is -2.13. The van der Waals surface area contributed by atoms with Crippen molar-refractivity contribution < 1.29 is 14.3 Å². The summed E-state index contributed by atoms with van der Waals surface area (Å²) in [5, 5.41) is 13.3. The molecule has 1 aliphatic heterocycles. The lowest BCUT2D eigenvalue weighted by molar-refractivity contribution is -0.119. The molecule has 1 N–H and O–H groups in total. The fourth-order valence-corrected chi connectivity index (χ4v) is 4.85. The van der Waals surface area contributed by atoms with Crippen molar-refractivity contribution >= 4 is 40.9 Å². The Balaban J connectivity index is 1.29. The average Bonchev–Trinajstić information content (AvgIpc) is 3.46. The van der Waals surface area contributed by atoms with Crippen molar-refractivity contribution in [2.75, 3.05) is 12.4 Å². The third-order valence-electron chi connectivity index (χ3n) is 5.33. The van der Waals surface area contributed by atoms with Gasteiger partial charge in [-0.1, -0.05) is 65.3 Å². The number of halogens is 2. The fourth-order valence-electron chi connectivity index (χ4n) is 3.70. The molecule has 0 saturated carbocycles. The predicted octanol–water partition coefficient (Wildman–Crippen LogP) is 5.50. The van der Waals surface area contributed by atoms with Crippen LogP contribution in [0.5, 0.6) is 11.5 Å². The first-order valence-corrected chi connectivity index (χ1v) is 12.5. The summed E-state index contributed by atoms with van der Waals surface area (Å²) in [4.78, 5) is 12.8. The van der Waals surface area contributed by atoms with Crippen LogP contribution < -0.4 is 14.8 Å². The van der Waals surface area contributed by atoms with Gasteiger partial charge in [0.25, 0.3) is 0 Å². The largest absolute Gasteiger partial charge is 0.491 e. The quantitative estimate of drug-likeness (QED) is 0.305. The lowest BCUT2D eigenvalue weighted by atomic mass is 10.1. The molecule has 1 unspecified atom stereocenters. The molecule has 1 aromatic heterocycles. The first-order chi connectivity index (χ1) is 17.1. The minimum absolute atomic E-state index is 0.145. The molecule has 4 aromatic rings. The number of para-hydroxylation sites is 2. The normalized spacial score (nSPS) is 14.3. The number of hydrogen-bond donors (Lipinski definition) is 1. The van der Waals surface area contributed by atoms with E-state index in [1.54, 1.807) is 18.2 Å². The number of aromatic nitrogens is 3. The number of fused-ring (bicyclic) bond motifs is 1. The number of thioether (sulfide) groups is 1. The number of rotatable bonds is 8. The van der Waals surface area contributed by atoms with Gasteiger partial charge in [0.05, 0.1) is 16.8 Å². The molecule has 2 heterocycles. The maximum atomic E-state index is 12.8. The second-order valence-corrected chi connectivity index (χ2v) is 9.48. The van der Waals surface area contributed by atoms with Crippen LogP contribution in [0.2, 0.25) is 10.0 Å². The van der Waals surface area contributed by atoms with E-state index in [0.29, 0.717) is 33.4 Å². The highest BCUT2D eigenvalue weighted by Gasteiger charge is 2.26. The van der Waals surface area contributed by atoms with Gasteiger partial charge in [-0.2, -0.15) is 0 Å². The summed E-state index contributed by atoms with van der Waals surface area (Å²) in [5.41, 5.74) is 1.74. The van der Waals surface area contributed by atoms with E-state index in [1.807, 2.05) is 59.2 Å². The summed E-state index contributed by atoms with van der Waals surface area (Å²) in [5.74, 6) is 1.89. The zero-order chi connectivity index (χ0) is 24.2. The number of benzene rings is 3. The number of carbonyl (C=O) groups is 1. The van der Waals surface area contributed by atoms with Crippen LogP contribution in [0, 0.1) is 0 Å². The molecule has 1 aliphatic rings. The smallest absolute Gasteiger partial charge is 0.231 e. The van der Waals surface area contributed by atoms with Crippen molar-refractivity contribution in [3.63, 3.8) is 0 Å². The van der Waals surface area contributed by atoms with Crippen LogP contribution in [0.4, 0.5) is 0 Å². The molecule has 0 fully saturated rings. The highest BCUT2D eigenvalue weighted by molar-refractivity contribution is 7.99. The second-order valence-electron chi connectivity index (χ2n) is 7.69. The Bertz CT molecular complexity index is 1350. The van der Waals surface area contributed by atoms with E-state index >= 15 is 0 Å². The fraction of sp³-hybridized carbons (Fsp3) is 0.160. The third-order valence-corrected chi connectivity index (χ3v) is 6.80. The predicted molar refractivity (Wildman–Crippen MR) is 136 cm³/mol. The second kappa shape index (κ2) is 10.6. The molecule has 0 aliphatic carbocycles. The van der Waals surface area contributed by atoms with Crippen molar-refractivity contribution in [3.05, 3.63) is 94.2 Å². The lowest BCUT2D eigenvalue weighted by Crippen LogP contribution is -2.30. The first-order valence-electron chi connectivity index (χ1n) is 10.8. The topological polar surface area (TPSA) is 78.3 Å². The van der Waals surface area contributed by atoms with Gasteiger partial charge in [0, 0.05) is 16.3 Å². The Labute approximate surface area is 216 Å². The monoisotopic (exact) mass is 526 g/mol. The van der Waals surface area contributed by atoms with Gasteiger partial charge in [0.2, 0.25) is 5.91 Å². The number of carbonyl (C=O) groups excluding carboxylic acids is 1. The van der Waals surface area contributed by atoms with Crippen molar-refractivity contribution in [1.82, 2.24) is 20.1 Å². The number of ether oxygens (including phenoxy) is 2. The van der Waals surface area contributed by atoms with Gasteiger partial charge in [0.15, 0.2) is 11.0 Å². The van der Waals surface area contributed by atoms with Crippen molar-refractivity contribution in [1.29, 1.82) is 0 Å². The van der Waals surface area contributed by atoms with Crippen molar-refractivity contribution in [2.24, 2.45) is 0 Å². The van der Waals surface area contributed by atoms with E-state index in [0.717, 1.165) is 17.0 Å². The third kappa shape index (κ3) is 5.40. The van der Waals surface area contributed by atoms with E-state index in [4.69, 9.17) is 32.7 Å². The summed E-state index contributed by atoms with van der Waals surface area (Å²) >= 11 is 13.6. The zero-order valence-corrected chi connectivity index (χ0v) is 20.7. The van der Waals surface area contributed by atoms with Crippen LogP contribution in [-0.2, 0) is 11.4 Å². The number of nitrogens with zero attached hydrogens (tertiary/aromatic N) is 3. The average molecular weight is 527 g/mol. The molecule has 1 atom stereocenters. The number of amides is 1. The Hall–Kier alpha value is -3.20. The zero-order valence-electron chi connectivity index (χ0n) is 18.4. The Kier molecular flexibility index (Phi) is 7.13. The molecule has 0 spiro atoms. The minimum atomic E-state index is -0.247. The molecule has 0 bridgehead atoms. The summed E-state index contributed by atoms with van der Waals surface area (Å²) < 4.78 is 13.4. The molecule has 10 heteroatoms. The maximum Gasteiger partial charge on any atom is 0.231 e. The van der Waals surface area contributed by atoms with Crippen LogP contribution in [0.15, 0.2) is 78.0 Å². The van der Waals surface area contributed by atoms with Crippen LogP contribution in [0.3, 0.4) is 0 Å². The standard InChI is InChI=1S/C25H20Cl2N4O3S/c26-16-10-11-21-18(12-16)20(13-33-21)28-24(32)15-35-25-30-29-23(31(25)17-6-2-1-3-7-17)14-34-22-9-5-4-8-19(22)27/h1-12,20H,13-15H2,(H,28,32). The maximum absolute atomic E-state index is 12.8. The highest BCUT2D eigenvalue weighted by atomic mass is 35.5. The minimum Gasteiger partial charge on any atom is -0.491 e. The summed E-state index contributed by atoms with van der Waals surface area (Å²) in [7, 11) is 0. The summed E-state index contributed by atoms with van der Waals surface area (Å²) in [6.07, 6.45) is 0. The molecule has 0 radical (unpaired) electrons. The van der Waals surface area contributed by atoms with E-state index in [2.05, 4.69) is 15.5 Å². The number of hydrogen-bond acceptors (Lipinski definition) is 6. The van der Waals surface area contributed by atoms with E-state index < -0.39 is 0 Å². The molecule has 5 rings (SSSR count). The van der Waals surface area contributed by atoms with Crippen LogP contribution in [-0.4, -0.2) is 33.0 Å². The molecule has 7 nitrogen and oxygen atoms in total. The molecular formula is C25H20Cl2N4O3S. The molecule has 178 valence electrons. The van der Waals surface area contributed by atoms with Crippen LogP contribution in [0.25, 0.3) is 5.69 Å². The van der Waals surface area contributed by atoms with Crippen LogP contribution >= 0.6 is 35.0 Å². The summed E-state index contributed by atoms with van der Waals surface area (Å²) in [6.45, 7) is 0.533. The Morgan fingerprint density at radius 1 is 1.09 bits per heavy atom. The Morgan fingerprint density at radius 3 is 2.71 bits per heavy atom. The Morgan fingerprint density at radius 2 is 1.89 bits per heavy atom.